The summed E-state index contributed by atoms with van der Waals surface area (Å²) >= 11 is 0. The van der Waals surface area contributed by atoms with Crippen molar-refractivity contribution in [3.63, 3.8) is 0 Å². The van der Waals surface area contributed by atoms with E-state index in [1.807, 2.05) is 0 Å². The second-order valence-electron chi connectivity index (χ2n) is 6.08. The Morgan fingerprint density at radius 2 is 1.44 bits per heavy atom. The molecule has 0 aliphatic rings. The Morgan fingerprint density at radius 1 is 0.938 bits per heavy atom. The van der Waals surface area contributed by atoms with Gasteiger partial charge in [-0.15, -0.1) is 0 Å². The van der Waals surface area contributed by atoms with Crippen LogP contribution in [0.2, 0.25) is 37.3 Å². The van der Waals surface area contributed by atoms with Crippen LogP contribution >= 0.6 is 0 Å². The van der Waals surface area contributed by atoms with Gasteiger partial charge in [0.1, 0.15) is 0 Å². The maximum absolute atomic E-state index is 6.60. The molecule has 0 fully saturated rings. The highest BCUT2D eigenvalue weighted by molar-refractivity contribution is 6.80. The molecule has 0 rings (SSSR count). The minimum absolute atomic E-state index is 0.517. The second-order valence-corrected chi connectivity index (χ2v) is 16.1. The van der Waals surface area contributed by atoms with Gasteiger partial charge in [-0.1, -0.05) is 53.3 Å². The molecule has 0 aromatic rings. The van der Waals surface area contributed by atoms with Gasteiger partial charge in [0.15, 0.2) is 8.32 Å². The van der Waals surface area contributed by atoms with E-state index in [4.69, 9.17) is 4.43 Å². The summed E-state index contributed by atoms with van der Waals surface area (Å²) in [5.74, 6) is 0. The highest BCUT2D eigenvalue weighted by Gasteiger charge is 2.38. The molecule has 0 aliphatic heterocycles. The quantitative estimate of drug-likeness (QED) is 0.582. The maximum atomic E-state index is 6.60. The lowest BCUT2D eigenvalue weighted by atomic mass is 10.4. The van der Waals surface area contributed by atoms with Crippen LogP contribution in [0.15, 0.2) is 0 Å². The monoisotopic (exact) mass is 260 g/mol. The zero-order valence-electron chi connectivity index (χ0n) is 12.7. The molecule has 0 saturated heterocycles. The van der Waals surface area contributed by atoms with Crippen LogP contribution in [0.3, 0.4) is 0 Å². The minimum atomic E-state index is -1.48. The third-order valence-electron chi connectivity index (χ3n) is 4.81. The van der Waals surface area contributed by atoms with Crippen LogP contribution in [-0.2, 0) is 4.43 Å². The van der Waals surface area contributed by atoms with Crippen molar-refractivity contribution in [1.82, 2.24) is 0 Å². The number of rotatable bonds is 7. The lowest BCUT2D eigenvalue weighted by Crippen LogP contribution is -2.50. The van der Waals surface area contributed by atoms with Gasteiger partial charge in [0, 0.05) is 5.73 Å². The molecular weight excluding hydrogens is 228 g/mol. The first-order valence-corrected chi connectivity index (χ1v) is 12.9. The zero-order chi connectivity index (χ0) is 13.0. The Morgan fingerprint density at radius 3 is 1.75 bits per heavy atom. The van der Waals surface area contributed by atoms with Crippen molar-refractivity contribution >= 4 is 16.4 Å². The molecule has 0 spiro atoms. The van der Waals surface area contributed by atoms with E-state index in [0.717, 1.165) is 5.54 Å². The lowest BCUT2D eigenvalue weighted by molar-refractivity contribution is 0.265. The standard InChI is InChI=1S/C13H32OSi2/c1-9-12(4)16(8,11-3)14-13(5)15(6,7)10-2/h12-13H,9-11H2,1-8H3. The lowest BCUT2D eigenvalue weighted by Gasteiger charge is -2.40. The van der Waals surface area contributed by atoms with Crippen LogP contribution < -0.4 is 0 Å². The summed E-state index contributed by atoms with van der Waals surface area (Å²) in [7, 11) is -2.63. The predicted octanol–water partition coefficient (Wildman–Crippen LogP) is 5.05. The third kappa shape index (κ3) is 4.00. The fourth-order valence-electron chi connectivity index (χ4n) is 1.83. The predicted molar refractivity (Wildman–Crippen MR) is 80.3 cm³/mol. The molecule has 0 aliphatic carbocycles. The fourth-order valence-corrected chi connectivity index (χ4v) is 7.26. The maximum Gasteiger partial charge on any atom is 0.192 e. The largest absolute Gasteiger partial charge is 0.417 e. The van der Waals surface area contributed by atoms with Gasteiger partial charge < -0.3 is 4.43 Å². The molecule has 0 aromatic heterocycles. The second kappa shape index (κ2) is 6.36. The van der Waals surface area contributed by atoms with E-state index >= 15 is 0 Å². The SMILES string of the molecule is CCC(C)[Si](C)(CC)OC(C)[Si](C)(C)CC. The smallest absolute Gasteiger partial charge is 0.192 e. The van der Waals surface area contributed by atoms with Crippen molar-refractivity contribution in [2.24, 2.45) is 0 Å². The molecule has 0 radical (unpaired) electrons. The molecular formula is C13H32OSi2. The number of hydrogen-bond donors (Lipinski definition) is 0. The summed E-state index contributed by atoms with van der Waals surface area (Å²) in [6, 6.07) is 2.57. The number of hydrogen-bond acceptors (Lipinski definition) is 1. The third-order valence-corrected chi connectivity index (χ3v) is 14.0. The first-order valence-electron chi connectivity index (χ1n) is 6.91. The molecule has 3 heteroatoms. The molecule has 0 amide bonds. The Labute approximate surface area is 105 Å². The highest BCUT2D eigenvalue weighted by Crippen LogP contribution is 2.32. The van der Waals surface area contributed by atoms with Gasteiger partial charge in [-0.05, 0) is 25.1 Å². The Hall–Kier alpha value is 0.394. The molecule has 0 aromatic carbocycles. The van der Waals surface area contributed by atoms with Gasteiger partial charge in [0.05, 0.1) is 8.07 Å². The van der Waals surface area contributed by atoms with Crippen molar-refractivity contribution in [3.05, 3.63) is 0 Å². The topological polar surface area (TPSA) is 9.23 Å². The average Bonchev–Trinajstić information content (AvgIpc) is 2.27. The minimum Gasteiger partial charge on any atom is -0.417 e. The molecule has 1 nitrogen and oxygen atoms in total. The van der Waals surface area contributed by atoms with Crippen LogP contribution in [0.5, 0.6) is 0 Å². The summed E-state index contributed by atoms with van der Waals surface area (Å²) in [4.78, 5) is 0. The van der Waals surface area contributed by atoms with Crippen molar-refractivity contribution in [2.45, 2.75) is 84.0 Å². The molecule has 0 bridgehead atoms. The highest BCUT2D eigenvalue weighted by atomic mass is 28.4. The molecule has 0 saturated carbocycles. The van der Waals surface area contributed by atoms with E-state index in [9.17, 15) is 0 Å². The summed E-state index contributed by atoms with van der Waals surface area (Å²) in [5.41, 5.74) is 1.30. The Kier molecular flexibility index (Phi) is 6.52. The molecule has 16 heavy (non-hydrogen) atoms. The van der Waals surface area contributed by atoms with Gasteiger partial charge in [0.25, 0.3) is 0 Å². The van der Waals surface area contributed by atoms with E-state index < -0.39 is 16.4 Å². The van der Waals surface area contributed by atoms with E-state index in [1.54, 1.807) is 0 Å². The van der Waals surface area contributed by atoms with Crippen molar-refractivity contribution in [2.75, 3.05) is 0 Å². The summed E-state index contributed by atoms with van der Waals surface area (Å²) in [6.45, 7) is 19.0. The molecule has 98 valence electrons. The molecule has 0 N–H and O–H groups in total. The van der Waals surface area contributed by atoms with Crippen LogP contribution in [0.4, 0.5) is 0 Å². The van der Waals surface area contributed by atoms with Crippen molar-refractivity contribution in [1.29, 1.82) is 0 Å². The fraction of sp³-hybridized carbons (Fsp3) is 1.00. The van der Waals surface area contributed by atoms with E-state index in [1.165, 1.54) is 18.5 Å². The van der Waals surface area contributed by atoms with E-state index in [0.29, 0.717) is 5.73 Å². The van der Waals surface area contributed by atoms with Gasteiger partial charge >= 0.3 is 0 Å². The summed E-state index contributed by atoms with van der Waals surface area (Å²) in [5, 5.41) is 0. The zero-order valence-corrected chi connectivity index (χ0v) is 14.7. The van der Waals surface area contributed by atoms with Crippen molar-refractivity contribution < 1.29 is 4.43 Å². The van der Waals surface area contributed by atoms with Crippen LogP contribution in [0.1, 0.15) is 41.0 Å². The van der Waals surface area contributed by atoms with Gasteiger partial charge in [-0.2, -0.15) is 0 Å². The van der Waals surface area contributed by atoms with Crippen LogP contribution in [-0.4, -0.2) is 22.1 Å². The Bertz CT molecular complexity index is 206. The van der Waals surface area contributed by atoms with E-state index in [2.05, 4.69) is 54.3 Å². The summed E-state index contributed by atoms with van der Waals surface area (Å²) < 4.78 is 6.60. The first kappa shape index (κ1) is 16.4. The first-order chi connectivity index (χ1) is 7.23. The average molecular weight is 261 g/mol. The van der Waals surface area contributed by atoms with Crippen LogP contribution in [0, 0.1) is 0 Å². The van der Waals surface area contributed by atoms with Crippen molar-refractivity contribution in [3.8, 4) is 0 Å². The van der Waals surface area contributed by atoms with E-state index in [-0.39, 0.29) is 0 Å². The van der Waals surface area contributed by atoms with Gasteiger partial charge in [-0.25, -0.2) is 0 Å². The van der Waals surface area contributed by atoms with Gasteiger partial charge in [-0.3, -0.25) is 0 Å². The van der Waals surface area contributed by atoms with Crippen LogP contribution in [0.25, 0.3) is 0 Å². The molecule has 3 unspecified atom stereocenters. The molecule has 0 heterocycles. The Balaban J connectivity index is 4.66. The van der Waals surface area contributed by atoms with Gasteiger partial charge in [0.2, 0.25) is 0 Å². The summed E-state index contributed by atoms with van der Waals surface area (Å²) in [6.07, 6.45) is 1.26. The molecule has 3 atom stereocenters. The normalized spacial score (nSPS) is 20.2.